The fraction of sp³-hybridized carbons (Fsp3) is 0.500. The number of hydrogen-bond acceptors (Lipinski definition) is 3. The summed E-state index contributed by atoms with van der Waals surface area (Å²) in [5.74, 6) is -0.0918. The number of hydrogen-bond donors (Lipinski definition) is 2. The normalized spacial score (nSPS) is 14.2. The topological polar surface area (TPSA) is 68.0 Å². The summed E-state index contributed by atoms with van der Waals surface area (Å²) < 4.78 is 0. The molecule has 0 aromatic carbocycles. The predicted octanol–water partition coefficient (Wildman–Crippen LogP) is 1.33. The molecular formula is C12H19N3O. The summed E-state index contributed by atoms with van der Waals surface area (Å²) in [7, 11) is 0. The first-order valence-corrected chi connectivity index (χ1v) is 5.54. The number of nitrogens with zero attached hydrogens (tertiary/aromatic N) is 1. The van der Waals surface area contributed by atoms with E-state index in [2.05, 4.69) is 10.3 Å². The fourth-order valence-corrected chi connectivity index (χ4v) is 1.49. The fourth-order valence-electron chi connectivity index (χ4n) is 1.49. The van der Waals surface area contributed by atoms with Crippen molar-refractivity contribution in [2.75, 3.05) is 6.54 Å². The lowest BCUT2D eigenvalue weighted by Gasteiger charge is -2.29. The third-order valence-corrected chi connectivity index (χ3v) is 2.82. The smallest absolute Gasteiger partial charge is 0.253 e. The van der Waals surface area contributed by atoms with Gasteiger partial charge in [-0.2, -0.15) is 0 Å². The van der Waals surface area contributed by atoms with Crippen molar-refractivity contribution in [3.63, 3.8) is 0 Å². The van der Waals surface area contributed by atoms with E-state index < -0.39 is 0 Å². The van der Waals surface area contributed by atoms with Crippen molar-refractivity contribution in [1.29, 1.82) is 0 Å². The Balaban J connectivity index is 2.70. The SMILES string of the molecule is CCC(C)(CCN)NC(=O)c1cccnc1. The molecule has 0 fully saturated rings. The standard InChI is InChI=1S/C12H19N3O/c1-3-12(2,6-7-13)15-11(16)10-5-4-8-14-9-10/h4-5,8-9H,3,6-7,13H2,1-2H3,(H,15,16). The molecule has 1 atom stereocenters. The van der Waals surface area contributed by atoms with Crippen molar-refractivity contribution in [3.8, 4) is 0 Å². The minimum atomic E-state index is -0.234. The summed E-state index contributed by atoms with van der Waals surface area (Å²) in [4.78, 5) is 15.8. The number of rotatable bonds is 5. The lowest BCUT2D eigenvalue weighted by molar-refractivity contribution is 0.0899. The van der Waals surface area contributed by atoms with Gasteiger partial charge in [0.25, 0.3) is 5.91 Å². The summed E-state index contributed by atoms with van der Waals surface area (Å²) >= 11 is 0. The van der Waals surface area contributed by atoms with Gasteiger partial charge in [0.2, 0.25) is 0 Å². The Morgan fingerprint density at radius 3 is 2.88 bits per heavy atom. The molecule has 0 aliphatic carbocycles. The van der Waals surface area contributed by atoms with Crippen LogP contribution in [0.1, 0.15) is 37.0 Å². The number of aromatic nitrogens is 1. The van der Waals surface area contributed by atoms with Gasteiger partial charge in [0, 0.05) is 17.9 Å². The van der Waals surface area contributed by atoms with Gasteiger partial charge in [0.05, 0.1) is 5.56 Å². The van der Waals surface area contributed by atoms with Gasteiger partial charge in [-0.1, -0.05) is 6.92 Å². The molecule has 0 aliphatic heterocycles. The summed E-state index contributed by atoms with van der Waals surface area (Å²) in [6.07, 6.45) is 4.84. The minimum absolute atomic E-state index is 0.0918. The molecule has 1 unspecified atom stereocenters. The molecule has 88 valence electrons. The maximum Gasteiger partial charge on any atom is 0.253 e. The maximum absolute atomic E-state index is 11.9. The Labute approximate surface area is 96.3 Å². The average molecular weight is 221 g/mol. The third-order valence-electron chi connectivity index (χ3n) is 2.82. The van der Waals surface area contributed by atoms with Crippen molar-refractivity contribution in [3.05, 3.63) is 30.1 Å². The molecule has 0 saturated carbocycles. The molecule has 0 radical (unpaired) electrons. The van der Waals surface area contributed by atoms with E-state index in [9.17, 15) is 4.79 Å². The van der Waals surface area contributed by atoms with Crippen LogP contribution in [0.4, 0.5) is 0 Å². The van der Waals surface area contributed by atoms with E-state index >= 15 is 0 Å². The van der Waals surface area contributed by atoms with E-state index in [0.717, 1.165) is 12.8 Å². The zero-order valence-corrected chi connectivity index (χ0v) is 9.86. The summed E-state index contributed by atoms with van der Waals surface area (Å²) in [5.41, 5.74) is 5.89. The Hall–Kier alpha value is -1.42. The maximum atomic E-state index is 11.9. The highest BCUT2D eigenvalue weighted by molar-refractivity contribution is 5.94. The molecule has 16 heavy (non-hydrogen) atoms. The van der Waals surface area contributed by atoms with Crippen LogP contribution < -0.4 is 11.1 Å². The van der Waals surface area contributed by atoms with Crippen LogP contribution >= 0.6 is 0 Å². The molecule has 4 nitrogen and oxygen atoms in total. The van der Waals surface area contributed by atoms with Crippen molar-refractivity contribution in [2.45, 2.75) is 32.2 Å². The number of pyridine rings is 1. The van der Waals surface area contributed by atoms with E-state index in [1.807, 2.05) is 13.8 Å². The largest absolute Gasteiger partial charge is 0.347 e. The van der Waals surface area contributed by atoms with Crippen LogP contribution in [0.3, 0.4) is 0 Å². The van der Waals surface area contributed by atoms with Crippen LogP contribution in [0.25, 0.3) is 0 Å². The van der Waals surface area contributed by atoms with Gasteiger partial charge in [-0.15, -0.1) is 0 Å². The van der Waals surface area contributed by atoms with Crippen LogP contribution in [0.5, 0.6) is 0 Å². The summed E-state index contributed by atoms with van der Waals surface area (Å²) in [5, 5.41) is 3.00. The van der Waals surface area contributed by atoms with Gasteiger partial charge >= 0.3 is 0 Å². The number of nitrogens with one attached hydrogen (secondary N) is 1. The van der Waals surface area contributed by atoms with Crippen LogP contribution in [-0.2, 0) is 0 Å². The molecule has 3 N–H and O–H groups in total. The highest BCUT2D eigenvalue weighted by atomic mass is 16.1. The van der Waals surface area contributed by atoms with Gasteiger partial charge in [-0.05, 0) is 38.4 Å². The minimum Gasteiger partial charge on any atom is -0.347 e. The van der Waals surface area contributed by atoms with Gasteiger partial charge in [0.1, 0.15) is 0 Å². The quantitative estimate of drug-likeness (QED) is 0.788. The first-order chi connectivity index (χ1) is 7.61. The molecule has 1 aromatic heterocycles. The predicted molar refractivity (Wildman–Crippen MR) is 64.1 cm³/mol. The monoisotopic (exact) mass is 221 g/mol. The first-order valence-electron chi connectivity index (χ1n) is 5.54. The second-order valence-electron chi connectivity index (χ2n) is 4.15. The van der Waals surface area contributed by atoms with Crippen molar-refractivity contribution in [2.24, 2.45) is 5.73 Å². The van der Waals surface area contributed by atoms with Crippen molar-refractivity contribution < 1.29 is 4.79 Å². The van der Waals surface area contributed by atoms with E-state index in [4.69, 9.17) is 5.73 Å². The molecule has 1 heterocycles. The van der Waals surface area contributed by atoms with E-state index in [1.54, 1.807) is 24.5 Å². The van der Waals surface area contributed by atoms with Crippen molar-refractivity contribution >= 4 is 5.91 Å². The Morgan fingerprint density at radius 2 is 2.38 bits per heavy atom. The van der Waals surface area contributed by atoms with Gasteiger partial charge in [-0.25, -0.2) is 0 Å². The highest BCUT2D eigenvalue weighted by Crippen LogP contribution is 2.14. The van der Waals surface area contributed by atoms with Crippen LogP contribution in [0.2, 0.25) is 0 Å². The molecule has 0 saturated heterocycles. The number of carbonyl (C=O) groups excluding carboxylic acids is 1. The molecular weight excluding hydrogens is 202 g/mol. The zero-order chi connectivity index (χ0) is 12.0. The Bertz CT molecular complexity index is 339. The summed E-state index contributed by atoms with van der Waals surface area (Å²) in [6, 6.07) is 3.50. The van der Waals surface area contributed by atoms with E-state index in [1.165, 1.54) is 0 Å². The van der Waals surface area contributed by atoms with Crippen LogP contribution in [-0.4, -0.2) is 23.0 Å². The molecule has 4 heteroatoms. The molecule has 0 spiro atoms. The van der Waals surface area contributed by atoms with E-state index in [0.29, 0.717) is 12.1 Å². The second-order valence-corrected chi connectivity index (χ2v) is 4.15. The lowest BCUT2D eigenvalue weighted by atomic mass is 9.94. The molecule has 1 amide bonds. The third kappa shape index (κ3) is 3.31. The lowest BCUT2D eigenvalue weighted by Crippen LogP contribution is -2.46. The number of amides is 1. The Kier molecular flexibility index (Phi) is 4.43. The molecule has 0 aliphatic rings. The van der Waals surface area contributed by atoms with Crippen LogP contribution in [0, 0.1) is 0 Å². The van der Waals surface area contributed by atoms with Crippen LogP contribution in [0.15, 0.2) is 24.5 Å². The zero-order valence-electron chi connectivity index (χ0n) is 9.86. The number of carbonyl (C=O) groups is 1. The second kappa shape index (κ2) is 5.61. The molecule has 1 aromatic rings. The van der Waals surface area contributed by atoms with E-state index in [-0.39, 0.29) is 11.4 Å². The van der Waals surface area contributed by atoms with Crippen molar-refractivity contribution in [1.82, 2.24) is 10.3 Å². The van der Waals surface area contributed by atoms with Gasteiger partial charge in [-0.3, -0.25) is 9.78 Å². The highest BCUT2D eigenvalue weighted by Gasteiger charge is 2.23. The number of nitrogens with two attached hydrogens (primary N) is 1. The van der Waals surface area contributed by atoms with Gasteiger partial charge < -0.3 is 11.1 Å². The molecule has 1 rings (SSSR count). The summed E-state index contributed by atoms with van der Waals surface area (Å²) in [6.45, 7) is 4.62. The molecule has 0 bridgehead atoms. The average Bonchev–Trinajstić information content (AvgIpc) is 2.30. The van der Waals surface area contributed by atoms with Gasteiger partial charge in [0.15, 0.2) is 0 Å². The Morgan fingerprint density at radius 1 is 1.62 bits per heavy atom. The first kappa shape index (κ1) is 12.6.